The van der Waals surface area contributed by atoms with Gasteiger partial charge in [-0.2, -0.15) is 0 Å². The van der Waals surface area contributed by atoms with Crippen molar-refractivity contribution in [3.63, 3.8) is 0 Å². The van der Waals surface area contributed by atoms with Crippen LogP contribution in [0.1, 0.15) is 53.3 Å². The molecule has 0 unspecified atom stereocenters. The molecule has 0 amide bonds. The summed E-state index contributed by atoms with van der Waals surface area (Å²) in [5.41, 5.74) is 6.78. The van der Waals surface area contributed by atoms with Crippen LogP contribution in [0.25, 0.3) is 6.08 Å². The zero-order valence-electron chi connectivity index (χ0n) is 27.0. The van der Waals surface area contributed by atoms with Crippen LogP contribution in [0.4, 0.5) is 0 Å². The van der Waals surface area contributed by atoms with E-state index in [2.05, 4.69) is 44.5 Å². The second-order valence-corrected chi connectivity index (χ2v) is 12.1. The average molecular weight is 639 g/mol. The minimum absolute atomic E-state index is 0.201. The van der Waals surface area contributed by atoms with Crippen LogP contribution >= 0.6 is 11.3 Å². The molecule has 9 heteroatoms. The minimum Gasteiger partial charge on any atom is -0.493 e. The SMILES string of the molecule is C=CCOc1ccc([C@H]2C(C(=O)OCC)=C(C)N=c3s/c(=C\c4ccc(OCc5c(C)cc(C)cc5C)c(OC)c4)c(=O)n32)cc1. The Labute approximate surface area is 272 Å². The molecule has 1 aliphatic rings. The first-order valence-corrected chi connectivity index (χ1v) is 15.9. The fourth-order valence-corrected chi connectivity index (χ4v) is 6.69. The van der Waals surface area contributed by atoms with E-state index in [1.165, 1.54) is 28.0 Å². The van der Waals surface area contributed by atoms with Crippen molar-refractivity contribution in [3.8, 4) is 17.2 Å². The van der Waals surface area contributed by atoms with Crippen molar-refractivity contribution >= 4 is 23.4 Å². The standard InChI is InChI=1S/C37H38N2O6S/c1-8-16-44-28-13-11-27(12-14-28)34-33(36(41)43-9-2)25(6)38-37-39(34)35(40)32(46-37)20-26-10-15-30(31(19-26)42-7)45-21-29-23(4)17-22(3)18-24(29)5/h8,10-15,17-20,34H,1,9,16,21H2,2-7H3/b32-20-/t34-/m0/s1. The number of esters is 1. The molecule has 0 saturated carbocycles. The molecule has 0 bridgehead atoms. The summed E-state index contributed by atoms with van der Waals surface area (Å²) in [6.07, 6.45) is 3.47. The molecule has 0 spiro atoms. The molecule has 0 N–H and O–H groups in total. The van der Waals surface area contributed by atoms with E-state index in [9.17, 15) is 9.59 Å². The summed E-state index contributed by atoms with van der Waals surface area (Å²) in [4.78, 5) is 32.4. The van der Waals surface area contributed by atoms with E-state index in [0.29, 0.717) is 51.1 Å². The van der Waals surface area contributed by atoms with Gasteiger partial charge >= 0.3 is 5.97 Å². The molecule has 5 rings (SSSR count). The Bertz CT molecular complexity index is 1980. The predicted molar refractivity (Wildman–Crippen MR) is 181 cm³/mol. The van der Waals surface area contributed by atoms with E-state index >= 15 is 0 Å². The lowest BCUT2D eigenvalue weighted by molar-refractivity contribution is -0.139. The molecular formula is C37H38N2O6S. The van der Waals surface area contributed by atoms with Gasteiger partial charge in [-0.25, -0.2) is 9.79 Å². The third kappa shape index (κ3) is 6.70. The number of aromatic nitrogens is 1. The predicted octanol–water partition coefficient (Wildman–Crippen LogP) is 5.88. The van der Waals surface area contributed by atoms with E-state index in [-0.39, 0.29) is 12.2 Å². The van der Waals surface area contributed by atoms with Gasteiger partial charge in [-0.1, -0.05) is 59.9 Å². The maximum absolute atomic E-state index is 14.0. The van der Waals surface area contributed by atoms with Gasteiger partial charge < -0.3 is 18.9 Å². The maximum Gasteiger partial charge on any atom is 0.338 e. The summed E-state index contributed by atoms with van der Waals surface area (Å²) in [7, 11) is 1.59. The molecule has 2 heterocycles. The molecular weight excluding hydrogens is 600 g/mol. The molecule has 8 nitrogen and oxygen atoms in total. The number of fused-ring (bicyclic) bond motifs is 1. The number of carbonyl (C=O) groups is 1. The quantitative estimate of drug-likeness (QED) is 0.151. The summed E-state index contributed by atoms with van der Waals surface area (Å²) in [5.74, 6) is 1.31. The number of thiazole rings is 1. The van der Waals surface area contributed by atoms with E-state index in [1.54, 1.807) is 37.7 Å². The van der Waals surface area contributed by atoms with Gasteiger partial charge in [0.05, 0.1) is 35.6 Å². The van der Waals surface area contributed by atoms with Crippen molar-refractivity contribution in [2.45, 2.75) is 47.3 Å². The van der Waals surface area contributed by atoms with Crippen molar-refractivity contribution in [1.82, 2.24) is 4.57 Å². The smallest absolute Gasteiger partial charge is 0.338 e. The lowest BCUT2D eigenvalue weighted by Crippen LogP contribution is -2.39. The van der Waals surface area contributed by atoms with Gasteiger partial charge in [0, 0.05) is 0 Å². The number of methoxy groups -OCH3 is 1. The Balaban J connectivity index is 1.52. The summed E-state index contributed by atoms with van der Waals surface area (Å²) >= 11 is 1.26. The largest absolute Gasteiger partial charge is 0.493 e. The van der Waals surface area contributed by atoms with Gasteiger partial charge in [0.25, 0.3) is 5.56 Å². The second kappa shape index (κ2) is 14.0. The van der Waals surface area contributed by atoms with Crippen molar-refractivity contribution in [3.05, 3.63) is 132 Å². The van der Waals surface area contributed by atoms with Gasteiger partial charge in [-0.15, -0.1) is 0 Å². The van der Waals surface area contributed by atoms with Crippen molar-refractivity contribution in [2.75, 3.05) is 20.3 Å². The topological polar surface area (TPSA) is 88.4 Å². The lowest BCUT2D eigenvalue weighted by atomic mass is 9.96. The van der Waals surface area contributed by atoms with Gasteiger partial charge in [0.1, 0.15) is 19.0 Å². The lowest BCUT2D eigenvalue weighted by Gasteiger charge is -2.24. The monoisotopic (exact) mass is 638 g/mol. The molecule has 238 valence electrons. The van der Waals surface area contributed by atoms with Crippen molar-refractivity contribution < 1.29 is 23.7 Å². The zero-order chi connectivity index (χ0) is 33.0. The molecule has 1 aromatic heterocycles. The van der Waals surface area contributed by atoms with Crippen LogP contribution in [0.2, 0.25) is 0 Å². The normalized spacial score (nSPS) is 14.4. The summed E-state index contributed by atoms with van der Waals surface area (Å²) in [6.45, 7) is 14.4. The number of aryl methyl sites for hydroxylation is 3. The minimum atomic E-state index is -0.718. The number of hydrogen-bond donors (Lipinski definition) is 0. The highest BCUT2D eigenvalue weighted by Crippen LogP contribution is 2.32. The molecule has 1 aliphatic heterocycles. The fraction of sp³-hybridized carbons (Fsp3) is 0.270. The van der Waals surface area contributed by atoms with Crippen LogP contribution in [0.3, 0.4) is 0 Å². The van der Waals surface area contributed by atoms with Crippen LogP contribution in [0.15, 0.2) is 88.3 Å². The maximum atomic E-state index is 14.0. The summed E-state index contributed by atoms with van der Waals surface area (Å²) < 4.78 is 24.9. The first kappa shape index (κ1) is 32.5. The van der Waals surface area contributed by atoms with Gasteiger partial charge in [0.15, 0.2) is 16.3 Å². The van der Waals surface area contributed by atoms with E-state index < -0.39 is 12.0 Å². The number of rotatable bonds is 11. The molecule has 0 saturated heterocycles. The molecule has 46 heavy (non-hydrogen) atoms. The average Bonchev–Trinajstić information content (AvgIpc) is 3.33. The summed E-state index contributed by atoms with van der Waals surface area (Å²) in [6, 6.07) is 16.5. The fourth-order valence-electron chi connectivity index (χ4n) is 5.64. The number of nitrogens with zero attached hydrogens (tertiary/aromatic N) is 2. The molecule has 0 aliphatic carbocycles. The third-order valence-corrected chi connectivity index (χ3v) is 8.76. The molecule has 0 fully saturated rings. The van der Waals surface area contributed by atoms with Gasteiger partial charge in [0.2, 0.25) is 0 Å². The van der Waals surface area contributed by atoms with Gasteiger partial charge in [-0.05, 0) is 92.8 Å². The summed E-state index contributed by atoms with van der Waals surface area (Å²) in [5, 5.41) is 0. The zero-order valence-corrected chi connectivity index (χ0v) is 27.8. The van der Waals surface area contributed by atoms with Gasteiger partial charge in [-0.3, -0.25) is 9.36 Å². The highest BCUT2D eigenvalue weighted by Gasteiger charge is 2.33. The van der Waals surface area contributed by atoms with E-state index in [0.717, 1.165) is 16.7 Å². The third-order valence-electron chi connectivity index (χ3n) is 7.78. The van der Waals surface area contributed by atoms with Crippen LogP contribution in [-0.4, -0.2) is 30.9 Å². The Morgan fingerprint density at radius 3 is 2.37 bits per heavy atom. The Kier molecular flexibility index (Phi) is 9.92. The van der Waals surface area contributed by atoms with Crippen LogP contribution in [0, 0.1) is 20.8 Å². The van der Waals surface area contributed by atoms with Crippen molar-refractivity contribution in [1.29, 1.82) is 0 Å². The van der Waals surface area contributed by atoms with Crippen LogP contribution in [-0.2, 0) is 16.1 Å². The first-order valence-electron chi connectivity index (χ1n) is 15.1. The Morgan fingerprint density at radius 1 is 1.00 bits per heavy atom. The first-order chi connectivity index (χ1) is 22.1. The van der Waals surface area contributed by atoms with E-state index in [4.69, 9.17) is 18.9 Å². The highest BCUT2D eigenvalue weighted by molar-refractivity contribution is 7.07. The van der Waals surface area contributed by atoms with E-state index in [1.807, 2.05) is 42.5 Å². The van der Waals surface area contributed by atoms with Crippen molar-refractivity contribution in [2.24, 2.45) is 4.99 Å². The molecule has 4 aromatic rings. The Morgan fingerprint density at radius 2 is 1.72 bits per heavy atom. The number of allylic oxidation sites excluding steroid dienone is 1. The number of benzene rings is 3. The number of ether oxygens (including phenoxy) is 4. The molecule has 1 atom stereocenters. The Hall–Kier alpha value is -4.89. The molecule has 0 radical (unpaired) electrons. The highest BCUT2D eigenvalue weighted by atomic mass is 32.1. The number of carbonyl (C=O) groups excluding carboxylic acids is 1. The molecule has 3 aromatic carbocycles. The number of hydrogen-bond acceptors (Lipinski definition) is 8. The van der Waals surface area contributed by atoms with Crippen LogP contribution < -0.4 is 29.1 Å². The van der Waals surface area contributed by atoms with Crippen LogP contribution in [0.5, 0.6) is 17.2 Å². The second-order valence-electron chi connectivity index (χ2n) is 11.0.